The Morgan fingerprint density at radius 1 is 1.47 bits per heavy atom. The summed E-state index contributed by atoms with van der Waals surface area (Å²) >= 11 is 3.04. The summed E-state index contributed by atoms with van der Waals surface area (Å²) in [4.78, 5) is 15.5. The average molecular weight is 294 g/mol. The van der Waals surface area contributed by atoms with Gasteiger partial charge in [0.05, 0.1) is 5.92 Å². The molecule has 0 aliphatic heterocycles. The summed E-state index contributed by atoms with van der Waals surface area (Å²) in [6, 6.07) is 7.94. The molecule has 1 aromatic heterocycles. The number of hydrogen-bond donors (Lipinski definition) is 2. The van der Waals surface area contributed by atoms with Crippen molar-refractivity contribution >= 4 is 29.2 Å². The third-order valence-corrected chi connectivity index (χ3v) is 4.59. The van der Waals surface area contributed by atoms with Crippen molar-refractivity contribution in [1.29, 1.82) is 0 Å². The maximum atomic E-state index is 11.4. The van der Waals surface area contributed by atoms with Gasteiger partial charge in [-0.25, -0.2) is 10.8 Å². The SMILES string of the molecule is CC(C(=O)NN)c1ccc(CSc2ncns2)cc1. The molecule has 5 nitrogen and oxygen atoms in total. The summed E-state index contributed by atoms with van der Waals surface area (Å²) in [5.74, 6) is 5.54. The Bertz CT molecular complexity index is 527. The molecule has 7 heteroatoms. The second-order valence-electron chi connectivity index (χ2n) is 3.97. The number of nitrogens with zero attached hydrogens (tertiary/aromatic N) is 2. The highest BCUT2D eigenvalue weighted by Gasteiger charge is 2.13. The van der Waals surface area contributed by atoms with E-state index in [1.54, 1.807) is 18.1 Å². The van der Waals surface area contributed by atoms with Gasteiger partial charge in [-0.3, -0.25) is 10.2 Å². The smallest absolute Gasteiger partial charge is 0.241 e. The van der Waals surface area contributed by atoms with Crippen molar-refractivity contribution in [2.75, 3.05) is 0 Å². The first-order chi connectivity index (χ1) is 9.20. The van der Waals surface area contributed by atoms with Crippen LogP contribution in [0.15, 0.2) is 34.9 Å². The molecule has 1 atom stereocenters. The number of amides is 1. The zero-order chi connectivity index (χ0) is 13.7. The quantitative estimate of drug-likeness (QED) is 0.381. The maximum Gasteiger partial charge on any atom is 0.241 e. The maximum absolute atomic E-state index is 11.4. The van der Waals surface area contributed by atoms with Crippen LogP contribution >= 0.6 is 23.3 Å². The predicted molar refractivity (Wildman–Crippen MR) is 76.7 cm³/mol. The van der Waals surface area contributed by atoms with Gasteiger partial charge in [-0.2, -0.15) is 4.37 Å². The highest BCUT2D eigenvalue weighted by atomic mass is 32.2. The van der Waals surface area contributed by atoms with Crippen molar-refractivity contribution in [3.8, 4) is 0 Å². The van der Waals surface area contributed by atoms with Gasteiger partial charge in [-0.05, 0) is 29.6 Å². The standard InChI is InChI=1S/C12H14N4OS2/c1-8(11(17)16-13)10-4-2-9(3-5-10)6-18-12-14-7-15-19-12/h2-5,7-8H,6,13H2,1H3,(H,16,17). The molecule has 1 heterocycles. The molecule has 1 aromatic carbocycles. The van der Waals surface area contributed by atoms with Gasteiger partial charge in [0.2, 0.25) is 5.91 Å². The number of hydrazine groups is 1. The minimum atomic E-state index is -0.241. The first-order valence-electron chi connectivity index (χ1n) is 5.69. The molecule has 3 N–H and O–H groups in total. The predicted octanol–water partition coefficient (Wildman–Crippen LogP) is 1.92. The van der Waals surface area contributed by atoms with Gasteiger partial charge in [0.25, 0.3) is 0 Å². The molecule has 2 rings (SSSR count). The normalized spacial score (nSPS) is 12.1. The van der Waals surface area contributed by atoms with Crippen LogP contribution in [0.2, 0.25) is 0 Å². The molecule has 0 fully saturated rings. The van der Waals surface area contributed by atoms with E-state index in [4.69, 9.17) is 5.84 Å². The van der Waals surface area contributed by atoms with Crippen LogP contribution in [-0.2, 0) is 10.5 Å². The topological polar surface area (TPSA) is 80.9 Å². The minimum absolute atomic E-state index is 0.184. The molecule has 0 saturated heterocycles. The largest absolute Gasteiger partial charge is 0.294 e. The van der Waals surface area contributed by atoms with E-state index in [-0.39, 0.29) is 11.8 Å². The van der Waals surface area contributed by atoms with Crippen LogP contribution < -0.4 is 11.3 Å². The van der Waals surface area contributed by atoms with Crippen molar-refractivity contribution < 1.29 is 4.79 Å². The van der Waals surface area contributed by atoms with Crippen molar-refractivity contribution in [2.45, 2.75) is 22.9 Å². The lowest BCUT2D eigenvalue weighted by atomic mass is 10.00. The molecule has 0 spiro atoms. The third-order valence-electron chi connectivity index (χ3n) is 2.72. The molecule has 0 aliphatic rings. The monoisotopic (exact) mass is 294 g/mol. The molecule has 1 unspecified atom stereocenters. The Balaban J connectivity index is 1.96. The Labute approximate surface area is 119 Å². The van der Waals surface area contributed by atoms with Gasteiger partial charge in [0, 0.05) is 5.75 Å². The fourth-order valence-corrected chi connectivity index (χ4v) is 2.95. The van der Waals surface area contributed by atoms with E-state index in [1.807, 2.05) is 31.2 Å². The second-order valence-corrected chi connectivity index (χ2v) is 5.97. The molecule has 0 bridgehead atoms. The molecule has 0 aliphatic carbocycles. The van der Waals surface area contributed by atoms with Crippen LogP contribution in [0.25, 0.3) is 0 Å². The Morgan fingerprint density at radius 3 is 2.79 bits per heavy atom. The van der Waals surface area contributed by atoms with Crippen LogP contribution in [0.3, 0.4) is 0 Å². The molecular formula is C12H14N4OS2. The van der Waals surface area contributed by atoms with Crippen molar-refractivity contribution in [3.63, 3.8) is 0 Å². The number of aromatic nitrogens is 2. The van der Waals surface area contributed by atoms with Gasteiger partial charge in [-0.15, -0.1) is 0 Å². The van der Waals surface area contributed by atoms with Crippen molar-refractivity contribution in [3.05, 3.63) is 41.7 Å². The van der Waals surface area contributed by atoms with E-state index in [1.165, 1.54) is 17.1 Å². The number of nitrogens with one attached hydrogen (secondary N) is 1. The Kier molecular flexibility index (Phi) is 4.89. The van der Waals surface area contributed by atoms with E-state index < -0.39 is 0 Å². The summed E-state index contributed by atoms with van der Waals surface area (Å²) in [5.41, 5.74) is 4.30. The first kappa shape index (κ1) is 14.0. The minimum Gasteiger partial charge on any atom is -0.294 e. The fraction of sp³-hybridized carbons (Fsp3) is 0.250. The number of carbonyl (C=O) groups excluding carboxylic acids is 1. The van der Waals surface area contributed by atoms with Gasteiger partial charge in [-0.1, -0.05) is 36.0 Å². The summed E-state index contributed by atoms with van der Waals surface area (Å²) in [5, 5.41) is 0. The summed E-state index contributed by atoms with van der Waals surface area (Å²) in [6.07, 6.45) is 1.56. The summed E-state index contributed by atoms with van der Waals surface area (Å²) < 4.78 is 4.91. The van der Waals surface area contributed by atoms with E-state index in [0.29, 0.717) is 0 Å². The van der Waals surface area contributed by atoms with Crippen LogP contribution in [0.1, 0.15) is 24.0 Å². The fourth-order valence-electron chi connectivity index (χ4n) is 1.55. The summed E-state index contributed by atoms with van der Waals surface area (Å²) in [6.45, 7) is 1.83. The molecular weight excluding hydrogens is 280 g/mol. The van der Waals surface area contributed by atoms with E-state index in [2.05, 4.69) is 14.8 Å². The van der Waals surface area contributed by atoms with E-state index in [0.717, 1.165) is 15.7 Å². The second kappa shape index (κ2) is 6.65. The number of thioether (sulfide) groups is 1. The van der Waals surface area contributed by atoms with Crippen LogP contribution in [0, 0.1) is 0 Å². The molecule has 100 valence electrons. The molecule has 0 radical (unpaired) electrons. The number of hydrogen-bond acceptors (Lipinski definition) is 6. The zero-order valence-electron chi connectivity index (χ0n) is 10.4. The van der Waals surface area contributed by atoms with Gasteiger partial charge < -0.3 is 0 Å². The number of benzene rings is 1. The lowest BCUT2D eigenvalue weighted by molar-refractivity contribution is -0.122. The molecule has 19 heavy (non-hydrogen) atoms. The van der Waals surface area contributed by atoms with E-state index >= 15 is 0 Å². The number of rotatable bonds is 5. The van der Waals surface area contributed by atoms with E-state index in [9.17, 15) is 4.79 Å². The van der Waals surface area contributed by atoms with Crippen molar-refractivity contribution in [2.24, 2.45) is 5.84 Å². The zero-order valence-corrected chi connectivity index (χ0v) is 12.0. The highest BCUT2D eigenvalue weighted by Crippen LogP contribution is 2.24. The van der Waals surface area contributed by atoms with Gasteiger partial charge >= 0.3 is 0 Å². The van der Waals surface area contributed by atoms with Gasteiger partial charge in [0.15, 0.2) is 4.34 Å². The van der Waals surface area contributed by atoms with Crippen molar-refractivity contribution in [1.82, 2.24) is 14.8 Å². The lowest BCUT2D eigenvalue weighted by Gasteiger charge is -2.10. The molecule has 0 saturated carbocycles. The highest BCUT2D eigenvalue weighted by molar-refractivity contribution is 8.00. The molecule has 1 amide bonds. The third kappa shape index (κ3) is 3.76. The summed E-state index contributed by atoms with van der Waals surface area (Å²) in [7, 11) is 0. The van der Waals surface area contributed by atoms with Gasteiger partial charge in [0.1, 0.15) is 6.33 Å². The lowest BCUT2D eigenvalue weighted by Crippen LogP contribution is -2.33. The first-order valence-corrected chi connectivity index (χ1v) is 7.45. The number of carbonyl (C=O) groups is 1. The van der Waals surface area contributed by atoms with Crippen LogP contribution in [0.4, 0.5) is 0 Å². The van der Waals surface area contributed by atoms with Crippen LogP contribution in [0.5, 0.6) is 0 Å². The average Bonchev–Trinajstić information content (AvgIpc) is 2.97. The Hall–Kier alpha value is -1.44. The molecule has 2 aromatic rings. The number of nitrogens with two attached hydrogens (primary N) is 1. The Morgan fingerprint density at radius 2 is 2.21 bits per heavy atom. The van der Waals surface area contributed by atoms with Crippen LogP contribution in [-0.4, -0.2) is 15.3 Å².